The Morgan fingerprint density at radius 2 is 2.07 bits per heavy atom. The molecule has 30 heavy (non-hydrogen) atoms. The molecule has 1 fully saturated rings. The number of halogens is 2. The number of pyridine rings is 1. The predicted molar refractivity (Wildman–Crippen MR) is 101 cm³/mol. The maximum absolute atomic E-state index is 13.1. The van der Waals surface area contributed by atoms with Crippen LogP contribution >= 0.6 is 0 Å². The predicted octanol–water partition coefficient (Wildman–Crippen LogP) is 1.26. The second-order valence-electron chi connectivity index (χ2n) is 7.75. The Morgan fingerprint density at radius 3 is 2.77 bits per heavy atom. The van der Waals surface area contributed by atoms with Gasteiger partial charge < -0.3 is 30.4 Å². The number of anilines is 1. The van der Waals surface area contributed by atoms with E-state index in [1.54, 1.807) is 12.3 Å². The van der Waals surface area contributed by atoms with Crippen molar-refractivity contribution in [3.05, 3.63) is 48.2 Å². The standard InChI is InChI=1S/C19H21F2N5O4/c1-18(28,10-5-9(13(20)21)6-23-7-10)17-19(2,29)12(27)16(30-17)26-4-3-11-14(22)24-8-25-15(11)26/h3-8,12-13,16-17,27-29H,1-2H3,(H2,22,24,25)/t12-,16+,17+,18?,19-/m0/s1. The summed E-state index contributed by atoms with van der Waals surface area (Å²) in [5.41, 5.74) is 1.95. The summed E-state index contributed by atoms with van der Waals surface area (Å²) in [7, 11) is 0. The number of aliphatic hydroxyl groups is 3. The zero-order chi connectivity index (χ0) is 21.8. The molecule has 3 aromatic heterocycles. The van der Waals surface area contributed by atoms with Gasteiger partial charge in [-0.15, -0.1) is 0 Å². The number of alkyl halides is 2. The Labute approximate surface area is 169 Å². The first-order valence-electron chi connectivity index (χ1n) is 9.14. The van der Waals surface area contributed by atoms with Crippen LogP contribution in [0.25, 0.3) is 11.0 Å². The van der Waals surface area contributed by atoms with Crippen LogP contribution in [0.3, 0.4) is 0 Å². The van der Waals surface area contributed by atoms with Crippen molar-refractivity contribution in [2.45, 2.75) is 49.9 Å². The van der Waals surface area contributed by atoms with Gasteiger partial charge in [0, 0.05) is 29.7 Å². The fraction of sp³-hybridized carbons (Fsp3) is 0.421. The molecule has 1 aliphatic rings. The van der Waals surface area contributed by atoms with Crippen molar-refractivity contribution in [2.75, 3.05) is 5.73 Å². The Hall–Kier alpha value is -2.73. The lowest BCUT2D eigenvalue weighted by atomic mass is 9.80. The first-order valence-corrected chi connectivity index (χ1v) is 9.14. The average Bonchev–Trinajstić information content (AvgIpc) is 3.22. The van der Waals surface area contributed by atoms with E-state index in [4.69, 9.17) is 10.5 Å². The molecule has 5 atom stereocenters. The highest BCUT2D eigenvalue weighted by molar-refractivity contribution is 5.86. The number of nitrogens with two attached hydrogens (primary N) is 1. The van der Waals surface area contributed by atoms with Gasteiger partial charge in [0.15, 0.2) is 6.23 Å². The maximum Gasteiger partial charge on any atom is 0.265 e. The summed E-state index contributed by atoms with van der Waals surface area (Å²) < 4.78 is 33.5. The molecule has 1 saturated heterocycles. The fourth-order valence-corrected chi connectivity index (χ4v) is 3.92. The normalized spacial score (nSPS) is 28.9. The highest BCUT2D eigenvalue weighted by atomic mass is 19.3. The molecular weight excluding hydrogens is 400 g/mol. The van der Waals surface area contributed by atoms with Crippen molar-refractivity contribution in [3.8, 4) is 0 Å². The summed E-state index contributed by atoms with van der Waals surface area (Å²) >= 11 is 0. The minimum Gasteiger partial charge on any atom is -0.385 e. The van der Waals surface area contributed by atoms with E-state index in [2.05, 4.69) is 15.0 Å². The molecule has 11 heteroatoms. The van der Waals surface area contributed by atoms with Crippen LogP contribution < -0.4 is 5.73 Å². The summed E-state index contributed by atoms with van der Waals surface area (Å²) in [6, 6.07) is 2.73. The SMILES string of the molecule is CC(O)(c1cncc(C(F)F)c1)[C@H]1O[C@@H](n2ccc3c(N)ncnc32)[C@H](O)[C@]1(C)O. The first kappa shape index (κ1) is 20.5. The molecule has 0 bridgehead atoms. The van der Waals surface area contributed by atoms with Crippen LogP contribution in [0.5, 0.6) is 0 Å². The molecule has 4 heterocycles. The Kier molecular flexibility index (Phi) is 4.73. The van der Waals surface area contributed by atoms with Gasteiger partial charge in [-0.25, -0.2) is 18.7 Å². The van der Waals surface area contributed by atoms with E-state index in [0.29, 0.717) is 11.0 Å². The van der Waals surface area contributed by atoms with Crippen LogP contribution in [0.1, 0.15) is 37.6 Å². The van der Waals surface area contributed by atoms with E-state index in [0.717, 1.165) is 12.3 Å². The molecular formula is C19H21F2N5O4. The van der Waals surface area contributed by atoms with Gasteiger partial charge in [0.1, 0.15) is 41.2 Å². The van der Waals surface area contributed by atoms with Gasteiger partial charge in [-0.05, 0) is 26.0 Å². The quantitative estimate of drug-likeness (QED) is 0.494. The number of ether oxygens (including phenoxy) is 1. The molecule has 5 N–H and O–H groups in total. The van der Waals surface area contributed by atoms with E-state index in [9.17, 15) is 24.1 Å². The fourth-order valence-electron chi connectivity index (χ4n) is 3.92. The van der Waals surface area contributed by atoms with Crippen molar-refractivity contribution in [1.82, 2.24) is 19.5 Å². The number of fused-ring (bicyclic) bond motifs is 1. The van der Waals surface area contributed by atoms with Crippen molar-refractivity contribution in [1.29, 1.82) is 0 Å². The van der Waals surface area contributed by atoms with Crippen molar-refractivity contribution in [2.24, 2.45) is 0 Å². The number of rotatable bonds is 4. The first-order chi connectivity index (χ1) is 14.0. The molecule has 160 valence electrons. The number of hydrogen-bond acceptors (Lipinski definition) is 8. The summed E-state index contributed by atoms with van der Waals surface area (Å²) in [4.78, 5) is 11.8. The third kappa shape index (κ3) is 3.01. The van der Waals surface area contributed by atoms with Gasteiger partial charge in [-0.3, -0.25) is 4.98 Å². The highest BCUT2D eigenvalue weighted by Crippen LogP contribution is 2.46. The highest BCUT2D eigenvalue weighted by Gasteiger charge is 2.59. The minimum absolute atomic E-state index is 0.0161. The molecule has 9 nitrogen and oxygen atoms in total. The number of aliphatic hydroxyl groups excluding tert-OH is 1. The molecule has 0 radical (unpaired) electrons. The summed E-state index contributed by atoms with van der Waals surface area (Å²) in [6.07, 6.45) is -1.75. The van der Waals surface area contributed by atoms with Gasteiger partial charge in [0.25, 0.3) is 6.43 Å². The lowest BCUT2D eigenvalue weighted by Gasteiger charge is -2.37. The van der Waals surface area contributed by atoms with Crippen LogP contribution in [0, 0.1) is 0 Å². The lowest BCUT2D eigenvalue weighted by Crippen LogP contribution is -2.53. The number of aromatic nitrogens is 4. The van der Waals surface area contributed by atoms with E-state index in [-0.39, 0.29) is 16.9 Å². The van der Waals surface area contributed by atoms with E-state index < -0.39 is 36.1 Å². The smallest absolute Gasteiger partial charge is 0.265 e. The van der Waals surface area contributed by atoms with E-state index in [1.165, 1.54) is 30.9 Å². The Morgan fingerprint density at radius 1 is 1.33 bits per heavy atom. The second-order valence-corrected chi connectivity index (χ2v) is 7.75. The number of nitrogen functional groups attached to an aromatic ring is 1. The van der Waals surface area contributed by atoms with E-state index in [1.807, 2.05) is 0 Å². The molecule has 1 unspecified atom stereocenters. The molecule has 4 rings (SSSR count). The monoisotopic (exact) mass is 421 g/mol. The maximum atomic E-state index is 13.1. The molecule has 0 amide bonds. The summed E-state index contributed by atoms with van der Waals surface area (Å²) in [5, 5.41) is 33.6. The largest absolute Gasteiger partial charge is 0.385 e. The molecule has 0 spiro atoms. The van der Waals surface area contributed by atoms with Gasteiger partial charge >= 0.3 is 0 Å². The van der Waals surface area contributed by atoms with Gasteiger partial charge in [-0.1, -0.05) is 0 Å². The van der Waals surface area contributed by atoms with Crippen LogP contribution in [-0.4, -0.2) is 52.6 Å². The van der Waals surface area contributed by atoms with Crippen LogP contribution in [0.4, 0.5) is 14.6 Å². The molecule has 0 saturated carbocycles. The van der Waals surface area contributed by atoms with Gasteiger partial charge in [0.2, 0.25) is 0 Å². The molecule has 0 aliphatic carbocycles. The van der Waals surface area contributed by atoms with Crippen LogP contribution in [0.2, 0.25) is 0 Å². The summed E-state index contributed by atoms with van der Waals surface area (Å²) in [6.45, 7) is 2.61. The third-order valence-electron chi connectivity index (χ3n) is 5.60. The zero-order valence-electron chi connectivity index (χ0n) is 16.1. The van der Waals surface area contributed by atoms with Crippen molar-refractivity contribution in [3.63, 3.8) is 0 Å². The van der Waals surface area contributed by atoms with Gasteiger partial charge in [0.05, 0.1) is 5.39 Å². The van der Waals surface area contributed by atoms with Crippen LogP contribution in [0.15, 0.2) is 37.1 Å². The van der Waals surface area contributed by atoms with Gasteiger partial charge in [-0.2, -0.15) is 0 Å². The topological polar surface area (TPSA) is 140 Å². The lowest BCUT2D eigenvalue weighted by molar-refractivity contribution is -0.161. The number of nitrogens with zero attached hydrogens (tertiary/aromatic N) is 4. The van der Waals surface area contributed by atoms with Crippen molar-refractivity contribution < 1.29 is 28.8 Å². The van der Waals surface area contributed by atoms with E-state index >= 15 is 0 Å². The third-order valence-corrected chi connectivity index (χ3v) is 5.60. The average molecular weight is 421 g/mol. The molecule has 0 aromatic carbocycles. The Bertz CT molecular complexity index is 1090. The minimum atomic E-state index is -2.78. The molecule has 3 aromatic rings. The molecule has 1 aliphatic heterocycles. The second kappa shape index (κ2) is 6.91. The van der Waals surface area contributed by atoms with Crippen molar-refractivity contribution >= 4 is 16.9 Å². The Balaban J connectivity index is 1.74. The van der Waals surface area contributed by atoms with Crippen LogP contribution in [-0.2, 0) is 10.3 Å². The number of hydrogen-bond donors (Lipinski definition) is 4. The summed E-state index contributed by atoms with van der Waals surface area (Å²) in [5.74, 6) is 0.233. The zero-order valence-corrected chi connectivity index (χ0v) is 16.1.